The molecular formula is C18H19ClN2O3S. The number of nitrogens with one attached hydrogen (secondary N) is 2. The molecule has 132 valence electrons. The molecule has 0 saturated heterocycles. The number of carbonyl (C=O) groups is 2. The van der Waals surface area contributed by atoms with E-state index in [2.05, 4.69) is 10.6 Å². The SMILES string of the molecule is COc1ccc(NC(C)=O)cc1NC(=O)CCSc1ccccc1Cl. The highest BCUT2D eigenvalue weighted by molar-refractivity contribution is 7.99. The van der Waals surface area contributed by atoms with Crippen molar-refractivity contribution in [3.63, 3.8) is 0 Å². The first-order chi connectivity index (χ1) is 12.0. The first kappa shape index (κ1) is 19.1. The number of rotatable bonds is 7. The zero-order valence-electron chi connectivity index (χ0n) is 14.0. The third-order valence-corrected chi connectivity index (χ3v) is 4.73. The average molecular weight is 379 g/mol. The highest BCUT2D eigenvalue weighted by Crippen LogP contribution is 2.29. The zero-order valence-corrected chi connectivity index (χ0v) is 15.5. The number of carbonyl (C=O) groups excluding carboxylic acids is 2. The van der Waals surface area contributed by atoms with Crippen molar-refractivity contribution in [1.29, 1.82) is 0 Å². The molecule has 0 spiro atoms. The lowest BCUT2D eigenvalue weighted by Gasteiger charge is -2.12. The summed E-state index contributed by atoms with van der Waals surface area (Å²) in [5.41, 5.74) is 1.11. The summed E-state index contributed by atoms with van der Waals surface area (Å²) in [5, 5.41) is 6.17. The van der Waals surface area contributed by atoms with E-state index in [1.54, 1.807) is 18.2 Å². The molecule has 2 N–H and O–H groups in total. The largest absolute Gasteiger partial charge is 0.495 e. The van der Waals surface area contributed by atoms with Crippen molar-refractivity contribution in [1.82, 2.24) is 0 Å². The van der Waals surface area contributed by atoms with Crippen LogP contribution in [0.25, 0.3) is 0 Å². The lowest BCUT2D eigenvalue weighted by molar-refractivity contribution is -0.116. The van der Waals surface area contributed by atoms with Crippen molar-refractivity contribution >= 4 is 46.6 Å². The summed E-state index contributed by atoms with van der Waals surface area (Å²) in [6, 6.07) is 12.6. The molecule has 0 aliphatic carbocycles. The maximum atomic E-state index is 12.2. The number of anilines is 2. The Bertz CT molecular complexity index is 768. The molecule has 2 rings (SSSR count). The first-order valence-corrected chi connectivity index (χ1v) is 8.98. The Morgan fingerprint density at radius 2 is 1.92 bits per heavy atom. The van der Waals surface area contributed by atoms with Crippen LogP contribution < -0.4 is 15.4 Å². The molecule has 0 unspecified atom stereocenters. The number of hydrogen-bond donors (Lipinski definition) is 2. The standard InChI is InChI=1S/C18H19ClN2O3S/c1-12(22)20-13-7-8-16(24-2)15(11-13)21-18(23)9-10-25-17-6-4-3-5-14(17)19/h3-8,11H,9-10H2,1-2H3,(H,20,22)(H,21,23). The second-order valence-corrected chi connectivity index (χ2v) is 6.72. The van der Waals surface area contributed by atoms with Crippen LogP contribution in [-0.2, 0) is 9.59 Å². The molecule has 0 radical (unpaired) electrons. The van der Waals surface area contributed by atoms with E-state index in [1.807, 2.05) is 24.3 Å². The Hall–Kier alpha value is -2.18. The fraction of sp³-hybridized carbons (Fsp3) is 0.222. The van der Waals surface area contributed by atoms with Gasteiger partial charge in [0.1, 0.15) is 5.75 Å². The third kappa shape index (κ3) is 5.99. The van der Waals surface area contributed by atoms with Crippen LogP contribution in [0.1, 0.15) is 13.3 Å². The van der Waals surface area contributed by atoms with E-state index in [4.69, 9.17) is 16.3 Å². The summed E-state index contributed by atoms with van der Waals surface area (Å²) in [6.07, 6.45) is 0.323. The van der Waals surface area contributed by atoms with Crippen molar-refractivity contribution < 1.29 is 14.3 Å². The van der Waals surface area contributed by atoms with Crippen LogP contribution in [0.2, 0.25) is 5.02 Å². The minimum atomic E-state index is -0.182. The van der Waals surface area contributed by atoms with Gasteiger partial charge in [-0.1, -0.05) is 23.7 Å². The minimum Gasteiger partial charge on any atom is -0.495 e. The smallest absolute Gasteiger partial charge is 0.225 e. The Morgan fingerprint density at radius 1 is 1.16 bits per heavy atom. The molecule has 0 fully saturated rings. The van der Waals surface area contributed by atoms with Crippen LogP contribution >= 0.6 is 23.4 Å². The Kier molecular flexibility index (Phi) is 7.16. The van der Waals surface area contributed by atoms with Gasteiger partial charge >= 0.3 is 0 Å². The van der Waals surface area contributed by atoms with E-state index in [9.17, 15) is 9.59 Å². The van der Waals surface area contributed by atoms with Gasteiger partial charge in [0.2, 0.25) is 11.8 Å². The van der Waals surface area contributed by atoms with Crippen LogP contribution in [0.3, 0.4) is 0 Å². The number of halogens is 1. The van der Waals surface area contributed by atoms with Crippen LogP contribution in [0.4, 0.5) is 11.4 Å². The Balaban J connectivity index is 1.95. The van der Waals surface area contributed by atoms with E-state index >= 15 is 0 Å². The van der Waals surface area contributed by atoms with Gasteiger partial charge in [-0.2, -0.15) is 0 Å². The summed E-state index contributed by atoms with van der Waals surface area (Å²) in [4.78, 5) is 24.3. The summed E-state index contributed by atoms with van der Waals surface area (Å²) in [7, 11) is 1.52. The highest BCUT2D eigenvalue weighted by atomic mass is 35.5. The van der Waals surface area contributed by atoms with E-state index in [-0.39, 0.29) is 11.8 Å². The second-order valence-electron chi connectivity index (χ2n) is 5.17. The maximum absolute atomic E-state index is 12.2. The number of benzene rings is 2. The Morgan fingerprint density at radius 3 is 2.60 bits per heavy atom. The molecule has 0 saturated carbocycles. The molecule has 0 heterocycles. The van der Waals surface area contributed by atoms with Gasteiger partial charge in [-0.3, -0.25) is 9.59 Å². The monoisotopic (exact) mass is 378 g/mol. The first-order valence-electron chi connectivity index (χ1n) is 7.62. The Labute approximate surface area is 156 Å². The minimum absolute atomic E-state index is 0.141. The van der Waals surface area contributed by atoms with E-state index in [1.165, 1.54) is 25.8 Å². The molecule has 2 aromatic rings. The third-order valence-electron chi connectivity index (χ3n) is 3.22. The molecule has 7 heteroatoms. The molecular weight excluding hydrogens is 360 g/mol. The highest BCUT2D eigenvalue weighted by Gasteiger charge is 2.10. The summed E-state index contributed by atoms with van der Waals surface area (Å²) < 4.78 is 5.25. The predicted octanol–water partition coefficient (Wildman–Crippen LogP) is 4.43. The van der Waals surface area contributed by atoms with Gasteiger partial charge in [-0.15, -0.1) is 11.8 Å². The normalized spacial score (nSPS) is 10.2. The van der Waals surface area contributed by atoms with Gasteiger partial charge in [0.15, 0.2) is 0 Å². The van der Waals surface area contributed by atoms with Crippen molar-refractivity contribution in [3.8, 4) is 5.75 Å². The van der Waals surface area contributed by atoms with Gasteiger partial charge in [0.25, 0.3) is 0 Å². The van der Waals surface area contributed by atoms with E-state index in [0.717, 1.165) is 4.90 Å². The quantitative estimate of drug-likeness (QED) is 0.699. The van der Waals surface area contributed by atoms with Crippen LogP contribution in [0, 0.1) is 0 Å². The number of thioether (sulfide) groups is 1. The molecule has 25 heavy (non-hydrogen) atoms. The van der Waals surface area contributed by atoms with Gasteiger partial charge < -0.3 is 15.4 Å². The molecule has 5 nitrogen and oxygen atoms in total. The molecule has 0 aromatic heterocycles. The second kappa shape index (κ2) is 9.34. The predicted molar refractivity (Wildman–Crippen MR) is 103 cm³/mol. The molecule has 2 amide bonds. The fourth-order valence-corrected chi connectivity index (χ4v) is 3.30. The summed E-state index contributed by atoms with van der Waals surface area (Å²) in [5.74, 6) is 0.807. The van der Waals surface area contributed by atoms with Crippen LogP contribution in [-0.4, -0.2) is 24.7 Å². The number of ether oxygens (including phenoxy) is 1. The fourth-order valence-electron chi connectivity index (χ4n) is 2.11. The molecule has 0 atom stereocenters. The maximum Gasteiger partial charge on any atom is 0.225 e. The molecule has 0 bridgehead atoms. The van der Waals surface area contributed by atoms with Crippen molar-refractivity contribution in [3.05, 3.63) is 47.5 Å². The summed E-state index contributed by atoms with van der Waals surface area (Å²) in [6.45, 7) is 1.43. The van der Waals surface area contributed by atoms with Crippen molar-refractivity contribution in [2.45, 2.75) is 18.2 Å². The van der Waals surface area contributed by atoms with Crippen LogP contribution in [0.15, 0.2) is 47.4 Å². The molecule has 0 aliphatic heterocycles. The van der Waals surface area contributed by atoms with Gasteiger partial charge in [0.05, 0.1) is 17.8 Å². The number of methoxy groups -OCH3 is 1. The van der Waals surface area contributed by atoms with Crippen molar-refractivity contribution in [2.75, 3.05) is 23.5 Å². The molecule has 2 aromatic carbocycles. The van der Waals surface area contributed by atoms with Gasteiger partial charge in [0, 0.05) is 29.7 Å². The lowest BCUT2D eigenvalue weighted by atomic mass is 10.2. The average Bonchev–Trinajstić information content (AvgIpc) is 2.56. The zero-order chi connectivity index (χ0) is 18.2. The number of amides is 2. The molecule has 0 aliphatic rings. The van der Waals surface area contributed by atoms with Gasteiger partial charge in [-0.25, -0.2) is 0 Å². The van der Waals surface area contributed by atoms with Crippen LogP contribution in [0.5, 0.6) is 5.75 Å². The van der Waals surface area contributed by atoms with Crippen molar-refractivity contribution in [2.24, 2.45) is 0 Å². The summed E-state index contributed by atoms with van der Waals surface area (Å²) >= 11 is 7.62. The van der Waals surface area contributed by atoms with Gasteiger partial charge in [-0.05, 0) is 30.3 Å². The van der Waals surface area contributed by atoms with E-state index < -0.39 is 0 Å². The topological polar surface area (TPSA) is 67.4 Å². The number of hydrogen-bond acceptors (Lipinski definition) is 4. The lowest BCUT2D eigenvalue weighted by Crippen LogP contribution is -2.14. The van der Waals surface area contributed by atoms with E-state index in [0.29, 0.717) is 34.3 Å².